The Morgan fingerprint density at radius 2 is 1.68 bits per heavy atom. The summed E-state index contributed by atoms with van der Waals surface area (Å²) < 4.78 is 34.1. The van der Waals surface area contributed by atoms with Crippen LogP contribution in [0.3, 0.4) is 0 Å². The van der Waals surface area contributed by atoms with Crippen LogP contribution in [-0.4, -0.2) is 28.7 Å². The molecule has 0 spiro atoms. The van der Waals surface area contributed by atoms with Gasteiger partial charge < -0.3 is 9.47 Å². The predicted octanol–water partition coefficient (Wildman–Crippen LogP) is 2.66. The Balaban J connectivity index is 2.75. The second-order valence-corrected chi connectivity index (χ2v) is 7.08. The Kier molecular flexibility index (Phi) is 6.75. The molecule has 108 valence electrons. The van der Waals surface area contributed by atoms with E-state index in [1.54, 1.807) is 7.11 Å². The molecule has 0 atom stereocenters. The van der Waals surface area contributed by atoms with E-state index in [0.29, 0.717) is 27.9 Å². The number of halogens is 2. The number of unbranched alkanes of at least 4 members (excludes halogenated alkanes) is 1. The Bertz CT molecular complexity index is 510. The van der Waals surface area contributed by atoms with Gasteiger partial charge in [0.1, 0.15) is 5.75 Å². The Morgan fingerprint density at radius 3 is 2.16 bits per heavy atom. The summed E-state index contributed by atoms with van der Waals surface area (Å²) in [5.74, 6) is 0.560. The lowest BCUT2D eigenvalue weighted by Crippen LogP contribution is -2.12. The maximum absolute atomic E-state index is 11.3. The van der Waals surface area contributed by atoms with Gasteiger partial charge >= 0.3 is 0 Å². The zero-order valence-corrected chi connectivity index (χ0v) is 14.3. The van der Waals surface area contributed by atoms with Crippen molar-refractivity contribution in [3.63, 3.8) is 0 Å². The number of sulfonamides is 1. The molecule has 0 fully saturated rings. The van der Waals surface area contributed by atoms with Crippen LogP contribution in [0, 0.1) is 0 Å². The molecule has 5 nitrogen and oxygen atoms in total. The lowest BCUT2D eigenvalue weighted by atomic mass is 10.3. The molecule has 0 bridgehead atoms. The van der Waals surface area contributed by atoms with Crippen LogP contribution in [-0.2, 0) is 14.8 Å². The van der Waals surface area contributed by atoms with Gasteiger partial charge in [0, 0.05) is 13.7 Å². The van der Waals surface area contributed by atoms with E-state index in [4.69, 9.17) is 14.6 Å². The van der Waals surface area contributed by atoms with Crippen molar-refractivity contribution in [2.45, 2.75) is 17.7 Å². The summed E-state index contributed by atoms with van der Waals surface area (Å²) in [6, 6.07) is 2.84. The second-order valence-electron chi connectivity index (χ2n) is 3.81. The first kappa shape index (κ1) is 16.9. The molecule has 0 aromatic heterocycles. The molecule has 1 rings (SSSR count). The lowest BCUT2D eigenvalue weighted by Gasteiger charge is -2.11. The van der Waals surface area contributed by atoms with Gasteiger partial charge in [0.15, 0.2) is 0 Å². The molecule has 0 aliphatic heterocycles. The third-order valence-corrected chi connectivity index (χ3v) is 4.36. The quantitative estimate of drug-likeness (QED) is 0.693. The van der Waals surface area contributed by atoms with Crippen LogP contribution < -0.4 is 9.88 Å². The highest BCUT2D eigenvalue weighted by molar-refractivity contribution is 9.11. The molecule has 2 N–H and O–H groups in total. The van der Waals surface area contributed by atoms with Gasteiger partial charge in [-0.15, -0.1) is 0 Å². The van der Waals surface area contributed by atoms with Crippen LogP contribution >= 0.6 is 31.9 Å². The standard InChI is InChI=1S/C11H15Br2NO4S/c1-17-4-2-3-5-18-11-9(12)6-8(7-10(11)13)19(14,15)16/h6-7H,2-5H2,1H3,(H2,14,15,16). The van der Waals surface area contributed by atoms with Crippen LogP contribution in [0.5, 0.6) is 5.75 Å². The van der Waals surface area contributed by atoms with Crippen LogP contribution in [0.15, 0.2) is 26.0 Å². The summed E-state index contributed by atoms with van der Waals surface area (Å²) in [5.41, 5.74) is 0. The molecule has 0 amide bonds. The summed E-state index contributed by atoms with van der Waals surface area (Å²) in [4.78, 5) is 0.0259. The maximum atomic E-state index is 11.3. The van der Waals surface area contributed by atoms with E-state index >= 15 is 0 Å². The van der Waals surface area contributed by atoms with Crippen LogP contribution in [0.1, 0.15) is 12.8 Å². The largest absolute Gasteiger partial charge is 0.491 e. The van der Waals surface area contributed by atoms with E-state index < -0.39 is 10.0 Å². The summed E-state index contributed by atoms with van der Waals surface area (Å²) in [7, 11) is -2.08. The van der Waals surface area contributed by atoms with Gasteiger partial charge in [-0.25, -0.2) is 13.6 Å². The molecule has 19 heavy (non-hydrogen) atoms. The fourth-order valence-corrected chi connectivity index (χ4v) is 3.64. The summed E-state index contributed by atoms with van der Waals surface area (Å²) in [6.07, 6.45) is 1.75. The SMILES string of the molecule is COCCCCOc1c(Br)cc(S(N)(=O)=O)cc1Br. The number of ether oxygens (including phenoxy) is 2. The van der Waals surface area contributed by atoms with E-state index in [0.717, 1.165) is 12.8 Å². The van der Waals surface area contributed by atoms with Gasteiger partial charge in [0.2, 0.25) is 10.0 Å². The van der Waals surface area contributed by atoms with Crippen molar-refractivity contribution < 1.29 is 17.9 Å². The molecule has 1 aromatic carbocycles. The molecule has 0 unspecified atom stereocenters. The summed E-state index contributed by atoms with van der Waals surface area (Å²) in [6.45, 7) is 1.21. The lowest BCUT2D eigenvalue weighted by molar-refractivity contribution is 0.184. The topological polar surface area (TPSA) is 78.6 Å². The minimum Gasteiger partial charge on any atom is -0.491 e. The molecular formula is C11H15Br2NO4S. The molecule has 0 aliphatic rings. The van der Waals surface area contributed by atoms with E-state index in [1.807, 2.05) is 0 Å². The van der Waals surface area contributed by atoms with Gasteiger partial charge in [-0.1, -0.05) is 0 Å². The zero-order chi connectivity index (χ0) is 14.5. The molecule has 0 saturated heterocycles. The third kappa shape index (κ3) is 5.39. The number of benzene rings is 1. The van der Waals surface area contributed by atoms with Crippen molar-refractivity contribution in [2.75, 3.05) is 20.3 Å². The molecule has 0 radical (unpaired) electrons. The highest BCUT2D eigenvalue weighted by Crippen LogP contribution is 2.35. The zero-order valence-electron chi connectivity index (χ0n) is 10.4. The normalized spacial score (nSPS) is 11.6. The monoisotopic (exact) mass is 415 g/mol. The number of nitrogens with two attached hydrogens (primary N) is 1. The smallest absolute Gasteiger partial charge is 0.238 e. The van der Waals surface area contributed by atoms with Gasteiger partial charge in [-0.3, -0.25) is 0 Å². The van der Waals surface area contributed by atoms with Crippen molar-refractivity contribution in [3.05, 3.63) is 21.1 Å². The number of rotatable bonds is 7. The molecule has 0 aliphatic carbocycles. The highest BCUT2D eigenvalue weighted by Gasteiger charge is 2.15. The van der Waals surface area contributed by atoms with Crippen LogP contribution in [0.25, 0.3) is 0 Å². The van der Waals surface area contributed by atoms with Crippen molar-refractivity contribution in [3.8, 4) is 5.75 Å². The van der Waals surface area contributed by atoms with Crippen molar-refractivity contribution in [1.29, 1.82) is 0 Å². The summed E-state index contributed by atoms with van der Waals surface area (Å²) in [5, 5.41) is 5.08. The van der Waals surface area contributed by atoms with Crippen molar-refractivity contribution in [1.82, 2.24) is 0 Å². The predicted molar refractivity (Wildman–Crippen MR) is 79.8 cm³/mol. The average Bonchev–Trinajstić information content (AvgIpc) is 2.30. The fraction of sp³-hybridized carbons (Fsp3) is 0.455. The molecule has 0 heterocycles. The Labute approximate surface area is 129 Å². The van der Waals surface area contributed by atoms with Gasteiger partial charge in [0.05, 0.1) is 20.4 Å². The van der Waals surface area contributed by atoms with E-state index in [-0.39, 0.29) is 4.90 Å². The molecular weight excluding hydrogens is 402 g/mol. The number of methoxy groups -OCH3 is 1. The maximum Gasteiger partial charge on any atom is 0.238 e. The van der Waals surface area contributed by atoms with Crippen molar-refractivity contribution >= 4 is 41.9 Å². The van der Waals surface area contributed by atoms with E-state index in [9.17, 15) is 8.42 Å². The third-order valence-electron chi connectivity index (χ3n) is 2.29. The number of primary sulfonamides is 1. The first-order valence-corrected chi connectivity index (χ1v) is 8.63. The number of hydrogen-bond acceptors (Lipinski definition) is 4. The molecule has 8 heteroatoms. The van der Waals surface area contributed by atoms with Crippen molar-refractivity contribution in [2.24, 2.45) is 5.14 Å². The Hall–Kier alpha value is -0.150. The van der Waals surface area contributed by atoms with Crippen LogP contribution in [0.2, 0.25) is 0 Å². The number of hydrogen-bond donors (Lipinski definition) is 1. The van der Waals surface area contributed by atoms with Gasteiger partial charge in [-0.2, -0.15) is 0 Å². The Morgan fingerprint density at radius 1 is 1.16 bits per heavy atom. The van der Waals surface area contributed by atoms with Gasteiger partial charge in [-0.05, 0) is 56.8 Å². The molecule has 0 saturated carbocycles. The first-order valence-electron chi connectivity index (χ1n) is 5.50. The average molecular weight is 417 g/mol. The van der Waals surface area contributed by atoms with Crippen LogP contribution in [0.4, 0.5) is 0 Å². The minimum atomic E-state index is -3.73. The fourth-order valence-electron chi connectivity index (χ4n) is 1.36. The van der Waals surface area contributed by atoms with Gasteiger partial charge in [0.25, 0.3) is 0 Å². The second kappa shape index (κ2) is 7.58. The highest BCUT2D eigenvalue weighted by atomic mass is 79.9. The summed E-state index contributed by atoms with van der Waals surface area (Å²) >= 11 is 6.55. The molecule has 1 aromatic rings. The minimum absolute atomic E-state index is 0.0259. The first-order chi connectivity index (χ1) is 8.86. The van der Waals surface area contributed by atoms with E-state index in [1.165, 1.54) is 12.1 Å². The van der Waals surface area contributed by atoms with E-state index in [2.05, 4.69) is 31.9 Å².